The van der Waals surface area contributed by atoms with Gasteiger partial charge in [-0.25, -0.2) is 4.79 Å². The minimum absolute atomic E-state index is 0.176. The summed E-state index contributed by atoms with van der Waals surface area (Å²) in [5.41, 5.74) is -0.651. The van der Waals surface area contributed by atoms with Crippen LogP contribution in [0.3, 0.4) is 0 Å². The van der Waals surface area contributed by atoms with E-state index in [9.17, 15) is 9.59 Å². The Bertz CT molecular complexity index is 260. The molecule has 0 aromatic carbocycles. The largest absolute Gasteiger partial charge is 0.324 e. The highest BCUT2D eigenvalue weighted by atomic mass is 16.2. The molecule has 1 atom stereocenters. The molecule has 2 N–H and O–H groups in total. The molecule has 13 heavy (non-hydrogen) atoms. The van der Waals surface area contributed by atoms with Crippen molar-refractivity contribution in [2.45, 2.75) is 38.1 Å². The van der Waals surface area contributed by atoms with Gasteiger partial charge in [-0.1, -0.05) is 19.3 Å². The van der Waals surface area contributed by atoms with E-state index in [0.29, 0.717) is 5.92 Å². The summed E-state index contributed by atoms with van der Waals surface area (Å²) in [7, 11) is 0. The van der Waals surface area contributed by atoms with Crippen LogP contribution in [0.15, 0.2) is 0 Å². The van der Waals surface area contributed by atoms with Crippen LogP contribution >= 0.6 is 0 Å². The van der Waals surface area contributed by atoms with Crippen molar-refractivity contribution in [3.63, 3.8) is 0 Å². The quantitative estimate of drug-likeness (QED) is 0.620. The summed E-state index contributed by atoms with van der Waals surface area (Å²) in [6.07, 6.45) is 4.43. The number of hydrogen-bond donors (Lipinski definition) is 2. The van der Waals surface area contributed by atoms with Crippen LogP contribution < -0.4 is 10.6 Å². The van der Waals surface area contributed by atoms with Crippen LogP contribution in [0, 0.1) is 5.92 Å². The zero-order valence-electron chi connectivity index (χ0n) is 7.72. The van der Waals surface area contributed by atoms with E-state index in [-0.39, 0.29) is 11.9 Å². The Labute approximate surface area is 77.1 Å². The lowest BCUT2D eigenvalue weighted by atomic mass is 9.76. The Morgan fingerprint density at radius 1 is 1.46 bits per heavy atom. The molecule has 0 aromatic heterocycles. The van der Waals surface area contributed by atoms with Crippen LogP contribution in [-0.4, -0.2) is 17.5 Å². The molecular weight excluding hydrogens is 168 g/mol. The first kappa shape index (κ1) is 8.53. The highest BCUT2D eigenvalue weighted by Gasteiger charge is 2.43. The smallest absolute Gasteiger partial charge is 0.322 e. The Balaban J connectivity index is 2.01. The van der Waals surface area contributed by atoms with Crippen LogP contribution in [0.5, 0.6) is 0 Å². The zero-order valence-corrected chi connectivity index (χ0v) is 7.72. The third-order valence-corrected chi connectivity index (χ3v) is 3.04. The van der Waals surface area contributed by atoms with Gasteiger partial charge in [-0.3, -0.25) is 10.1 Å². The van der Waals surface area contributed by atoms with Crippen LogP contribution in [0.2, 0.25) is 0 Å². The Morgan fingerprint density at radius 3 is 2.54 bits per heavy atom. The summed E-state index contributed by atoms with van der Waals surface area (Å²) in [5, 5.41) is 4.95. The fourth-order valence-corrected chi connectivity index (χ4v) is 2.00. The van der Waals surface area contributed by atoms with Gasteiger partial charge in [-0.05, 0) is 19.3 Å². The number of urea groups is 1. The summed E-state index contributed by atoms with van der Waals surface area (Å²) in [6.45, 7) is 1.80. The van der Waals surface area contributed by atoms with Crippen LogP contribution in [0.25, 0.3) is 0 Å². The molecule has 3 amide bonds. The van der Waals surface area contributed by atoms with E-state index >= 15 is 0 Å². The van der Waals surface area contributed by atoms with Gasteiger partial charge in [-0.2, -0.15) is 0 Å². The summed E-state index contributed by atoms with van der Waals surface area (Å²) < 4.78 is 0. The van der Waals surface area contributed by atoms with Gasteiger partial charge in [0.25, 0.3) is 5.91 Å². The van der Waals surface area contributed by atoms with Gasteiger partial charge < -0.3 is 5.32 Å². The predicted octanol–water partition coefficient (Wildman–Crippen LogP) is 0.775. The highest BCUT2D eigenvalue weighted by Crippen LogP contribution is 2.34. The van der Waals surface area contributed by atoms with Crippen molar-refractivity contribution in [3.8, 4) is 0 Å². The maximum absolute atomic E-state index is 11.4. The average molecular weight is 182 g/mol. The first-order valence-corrected chi connectivity index (χ1v) is 4.74. The fourth-order valence-electron chi connectivity index (χ4n) is 2.00. The van der Waals surface area contributed by atoms with Gasteiger partial charge in [0.15, 0.2) is 0 Å². The molecule has 72 valence electrons. The second-order valence-corrected chi connectivity index (χ2v) is 4.24. The molecule has 1 unspecified atom stereocenters. The maximum atomic E-state index is 11.4. The van der Waals surface area contributed by atoms with Crippen molar-refractivity contribution >= 4 is 11.9 Å². The molecule has 2 fully saturated rings. The average Bonchev–Trinajstić information content (AvgIpc) is 2.19. The second kappa shape index (κ2) is 2.72. The van der Waals surface area contributed by atoms with Gasteiger partial charge in [0.2, 0.25) is 0 Å². The van der Waals surface area contributed by atoms with E-state index in [0.717, 1.165) is 6.42 Å². The van der Waals surface area contributed by atoms with Crippen molar-refractivity contribution in [1.29, 1.82) is 0 Å². The van der Waals surface area contributed by atoms with E-state index in [1.807, 2.05) is 0 Å². The summed E-state index contributed by atoms with van der Waals surface area (Å²) in [4.78, 5) is 22.3. The first-order chi connectivity index (χ1) is 6.10. The number of hydrogen-bond acceptors (Lipinski definition) is 2. The molecule has 1 heterocycles. The molecule has 1 saturated carbocycles. The zero-order chi connectivity index (χ0) is 9.47. The molecule has 0 bridgehead atoms. The van der Waals surface area contributed by atoms with E-state index < -0.39 is 5.54 Å². The van der Waals surface area contributed by atoms with Gasteiger partial charge in [0, 0.05) is 0 Å². The predicted molar refractivity (Wildman–Crippen MR) is 47.0 cm³/mol. The molecule has 1 aliphatic heterocycles. The molecule has 0 radical (unpaired) electrons. The topological polar surface area (TPSA) is 58.2 Å². The van der Waals surface area contributed by atoms with Gasteiger partial charge in [0.05, 0.1) is 0 Å². The molecule has 1 aliphatic carbocycles. The highest BCUT2D eigenvalue weighted by molar-refractivity contribution is 6.06. The lowest BCUT2D eigenvalue weighted by molar-refractivity contribution is -0.124. The molecule has 2 aliphatic rings. The summed E-state index contributed by atoms with van der Waals surface area (Å²) in [5.74, 6) is 0.443. The van der Waals surface area contributed by atoms with E-state index in [1.54, 1.807) is 6.92 Å². The normalized spacial score (nSPS) is 33.9. The number of imide groups is 1. The van der Waals surface area contributed by atoms with Crippen LogP contribution in [0.4, 0.5) is 4.79 Å². The Hall–Kier alpha value is -1.06. The molecule has 4 nitrogen and oxygen atoms in total. The molecule has 1 saturated heterocycles. The number of nitrogens with one attached hydrogen (secondary N) is 2. The SMILES string of the molecule is CC1(CC2CCC2)NC(=O)NC1=O. The fraction of sp³-hybridized carbons (Fsp3) is 0.778. The third kappa shape index (κ3) is 1.41. The van der Waals surface area contributed by atoms with E-state index in [4.69, 9.17) is 0 Å². The molecule has 0 spiro atoms. The standard InChI is InChI=1S/C9H14N2O2/c1-9(5-6-3-2-4-6)7(12)10-8(13)11-9/h6H,2-5H2,1H3,(H2,10,11,12,13). The summed E-state index contributed by atoms with van der Waals surface area (Å²) >= 11 is 0. The molecule has 2 rings (SSSR count). The number of carbonyl (C=O) groups is 2. The van der Waals surface area contributed by atoms with Crippen molar-refractivity contribution in [3.05, 3.63) is 0 Å². The first-order valence-electron chi connectivity index (χ1n) is 4.74. The molecular formula is C9H14N2O2. The van der Waals surface area contributed by atoms with Crippen molar-refractivity contribution in [2.75, 3.05) is 0 Å². The summed E-state index contributed by atoms with van der Waals surface area (Å²) in [6, 6.07) is -0.355. The monoisotopic (exact) mass is 182 g/mol. The van der Waals surface area contributed by atoms with Crippen molar-refractivity contribution < 1.29 is 9.59 Å². The second-order valence-electron chi connectivity index (χ2n) is 4.24. The minimum atomic E-state index is -0.651. The molecule has 0 aromatic rings. The van der Waals surface area contributed by atoms with E-state index in [1.165, 1.54) is 19.3 Å². The number of carbonyl (C=O) groups excluding carboxylic acids is 2. The minimum Gasteiger partial charge on any atom is -0.324 e. The van der Waals surface area contributed by atoms with Crippen molar-refractivity contribution in [1.82, 2.24) is 10.6 Å². The Morgan fingerprint density at radius 2 is 2.15 bits per heavy atom. The van der Waals surface area contributed by atoms with Gasteiger partial charge in [0.1, 0.15) is 5.54 Å². The maximum Gasteiger partial charge on any atom is 0.322 e. The van der Waals surface area contributed by atoms with Gasteiger partial charge >= 0.3 is 6.03 Å². The number of amides is 3. The van der Waals surface area contributed by atoms with Gasteiger partial charge in [-0.15, -0.1) is 0 Å². The molecule has 4 heteroatoms. The lowest BCUT2D eigenvalue weighted by Gasteiger charge is -2.32. The van der Waals surface area contributed by atoms with Crippen LogP contribution in [-0.2, 0) is 4.79 Å². The van der Waals surface area contributed by atoms with Crippen molar-refractivity contribution in [2.24, 2.45) is 5.92 Å². The van der Waals surface area contributed by atoms with Crippen LogP contribution in [0.1, 0.15) is 32.6 Å². The third-order valence-electron chi connectivity index (χ3n) is 3.04. The Kier molecular flexibility index (Phi) is 1.78. The van der Waals surface area contributed by atoms with E-state index in [2.05, 4.69) is 10.6 Å². The lowest BCUT2D eigenvalue weighted by Crippen LogP contribution is -2.46. The number of rotatable bonds is 2.